The van der Waals surface area contributed by atoms with Crippen molar-refractivity contribution in [1.82, 2.24) is 0 Å². The molecule has 0 aliphatic rings. The maximum atomic E-state index is 11.0. The van der Waals surface area contributed by atoms with Gasteiger partial charge in [-0.15, -0.1) is 0 Å². The lowest BCUT2D eigenvalue weighted by Gasteiger charge is -2.16. The summed E-state index contributed by atoms with van der Waals surface area (Å²) in [5.41, 5.74) is 7.55. The molecule has 0 heterocycles. The Bertz CT molecular complexity index is 384. The third-order valence-corrected chi connectivity index (χ3v) is 3.94. The predicted molar refractivity (Wildman–Crippen MR) is 80.2 cm³/mol. The van der Waals surface area contributed by atoms with Gasteiger partial charge in [-0.1, -0.05) is 0 Å². The Balaban J connectivity index is 2.55. The van der Waals surface area contributed by atoms with Crippen LogP contribution in [0.1, 0.15) is 13.3 Å². The van der Waals surface area contributed by atoms with Crippen LogP contribution in [0.2, 0.25) is 0 Å². The molecule has 0 aliphatic heterocycles. The van der Waals surface area contributed by atoms with E-state index in [9.17, 15) is 4.21 Å². The van der Waals surface area contributed by atoms with Crippen LogP contribution in [0.4, 0.5) is 11.4 Å². The summed E-state index contributed by atoms with van der Waals surface area (Å²) in [5.74, 6) is 0.736. The minimum absolute atomic E-state index is 0.320. The molecule has 5 heteroatoms. The van der Waals surface area contributed by atoms with E-state index in [1.54, 1.807) is 6.26 Å². The van der Waals surface area contributed by atoms with Crippen molar-refractivity contribution in [2.75, 3.05) is 23.1 Å². The Morgan fingerprint density at radius 1 is 1.56 bits per heavy atom. The number of rotatable bonds is 5. The van der Waals surface area contributed by atoms with Crippen molar-refractivity contribution in [2.45, 2.75) is 19.4 Å². The van der Waals surface area contributed by atoms with Crippen LogP contribution in [0.15, 0.2) is 18.2 Å². The Morgan fingerprint density at radius 3 is 2.81 bits per heavy atom. The quantitative estimate of drug-likeness (QED) is 0.632. The summed E-state index contributed by atoms with van der Waals surface area (Å²) in [6, 6.07) is 6.13. The zero-order valence-electron chi connectivity index (χ0n) is 9.50. The van der Waals surface area contributed by atoms with Crippen molar-refractivity contribution in [3.8, 4) is 0 Å². The fraction of sp³-hybridized carbons (Fsp3) is 0.455. The fourth-order valence-electron chi connectivity index (χ4n) is 1.33. The van der Waals surface area contributed by atoms with Crippen molar-refractivity contribution < 1.29 is 4.21 Å². The molecule has 1 aromatic carbocycles. The molecule has 0 saturated carbocycles. The molecule has 2 unspecified atom stereocenters. The highest BCUT2D eigenvalue weighted by Crippen LogP contribution is 2.21. The van der Waals surface area contributed by atoms with Gasteiger partial charge in [-0.2, -0.15) is 0 Å². The summed E-state index contributed by atoms with van der Waals surface area (Å²) in [5, 5.41) is 3.40. The van der Waals surface area contributed by atoms with E-state index in [2.05, 4.69) is 34.8 Å². The molecular formula is C11H17IN2OS. The van der Waals surface area contributed by atoms with Crippen LogP contribution in [0.5, 0.6) is 0 Å². The molecule has 0 aliphatic carbocycles. The number of anilines is 2. The minimum atomic E-state index is -0.715. The van der Waals surface area contributed by atoms with Gasteiger partial charge >= 0.3 is 0 Å². The number of hydrogen-bond donors (Lipinski definition) is 2. The highest BCUT2D eigenvalue weighted by Gasteiger charge is 2.06. The molecule has 3 nitrogen and oxygen atoms in total. The monoisotopic (exact) mass is 352 g/mol. The first-order valence-corrected chi connectivity index (χ1v) is 7.91. The third kappa shape index (κ3) is 4.69. The molecule has 0 aromatic heterocycles. The Morgan fingerprint density at radius 2 is 2.25 bits per heavy atom. The lowest BCUT2D eigenvalue weighted by Crippen LogP contribution is -2.18. The summed E-state index contributed by atoms with van der Waals surface area (Å²) in [6.45, 7) is 2.10. The van der Waals surface area contributed by atoms with Gasteiger partial charge in [0.2, 0.25) is 0 Å². The van der Waals surface area contributed by atoms with Gasteiger partial charge in [-0.05, 0) is 54.1 Å². The standard InChI is InChI=1S/C11H17IN2OS/c1-8(5-6-16(2)15)14-11-4-3-9(13)7-10(11)12/h3-4,7-8,14H,5-6,13H2,1-2H3. The van der Waals surface area contributed by atoms with Crippen LogP contribution in [-0.4, -0.2) is 22.3 Å². The molecule has 0 saturated heterocycles. The van der Waals surface area contributed by atoms with E-state index >= 15 is 0 Å². The Hall–Kier alpha value is -0.300. The van der Waals surface area contributed by atoms with Gasteiger partial charge in [0, 0.05) is 43.8 Å². The number of nitrogens with two attached hydrogens (primary N) is 1. The minimum Gasteiger partial charge on any atom is -0.399 e. The number of hydrogen-bond acceptors (Lipinski definition) is 3. The molecule has 3 N–H and O–H groups in total. The molecule has 0 spiro atoms. The second-order valence-corrected chi connectivity index (χ2v) is 6.57. The van der Waals surface area contributed by atoms with E-state index in [1.807, 2.05) is 18.2 Å². The smallest absolute Gasteiger partial charge is 0.0479 e. The van der Waals surface area contributed by atoms with Gasteiger partial charge in [-0.25, -0.2) is 0 Å². The lowest BCUT2D eigenvalue weighted by molar-refractivity contribution is 0.678. The molecule has 0 fully saturated rings. The van der Waals surface area contributed by atoms with Crippen LogP contribution in [0.25, 0.3) is 0 Å². The highest BCUT2D eigenvalue weighted by molar-refractivity contribution is 14.1. The van der Waals surface area contributed by atoms with Crippen LogP contribution in [0, 0.1) is 3.57 Å². The SMILES string of the molecule is CC(CCS(C)=O)Nc1ccc(N)cc1I. The number of nitrogen functional groups attached to an aromatic ring is 1. The Kier molecular flexibility index (Phi) is 5.54. The van der Waals surface area contributed by atoms with Gasteiger partial charge in [0.05, 0.1) is 0 Å². The van der Waals surface area contributed by atoms with Gasteiger partial charge in [0.1, 0.15) is 0 Å². The average Bonchev–Trinajstić information content (AvgIpc) is 2.19. The van der Waals surface area contributed by atoms with E-state index in [0.717, 1.165) is 27.1 Å². The van der Waals surface area contributed by atoms with E-state index in [1.165, 1.54) is 0 Å². The Labute approximate surface area is 113 Å². The first kappa shape index (κ1) is 13.8. The number of benzene rings is 1. The lowest BCUT2D eigenvalue weighted by atomic mass is 10.2. The molecule has 0 radical (unpaired) electrons. The summed E-state index contributed by atoms with van der Waals surface area (Å²) in [6.07, 6.45) is 2.64. The number of nitrogens with one attached hydrogen (secondary N) is 1. The van der Waals surface area contributed by atoms with E-state index < -0.39 is 10.8 Å². The van der Waals surface area contributed by atoms with E-state index in [-0.39, 0.29) is 0 Å². The zero-order chi connectivity index (χ0) is 12.1. The third-order valence-electron chi connectivity index (χ3n) is 2.23. The topological polar surface area (TPSA) is 55.1 Å². The van der Waals surface area contributed by atoms with Gasteiger partial charge in [0.25, 0.3) is 0 Å². The molecular weight excluding hydrogens is 335 g/mol. The van der Waals surface area contributed by atoms with Gasteiger partial charge in [0.15, 0.2) is 0 Å². The second-order valence-electron chi connectivity index (χ2n) is 3.85. The van der Waals surface area contributed by atoms with Crippen LogP contribution in [-0.2, 0) is 10.8 Å². The maximum absolute atomic E-state index is 11.0. The second kappa shape index (κ2) is 6.44. The predicted octanol–water partition coefficient (Wildman–Crippen LogP) is 2.44. The van der Waals surface area contributed by atoms with Gasteiger partial charge in [-0.3, -0.25) is 4.21 Å². The molecule has 16 heavy (non-hydrogen) atoms. The summed E-state index contributed by atoms with van der Waals surface area (Å²) in [7, 11) is -0.715. The summed E-state index contributed by atoms with van der Waals surface area (Å²) >= 11 is 2.26. The van der Waals surface area contributed by atoms with Crippen molar-refractivity contribution in [1.29, 1.82) is 0 Å². The fourth-order valence-corrected chi connectivity index (χ4v) is 2.71. The summed E-state index contributed by atoms with van der Waals surface area (Å²) < 4.78 is 12.1. The highest BCUT2D eigenvalue weighted by atomic mass is 127. The summed E-state index contributed by atoms with van der Waals surface area (Å²) in [4.78, 5) is 0. The molecule has 90 valence electrons. The number of halogens is 1. The normalized spacial score (nSPS) is 14.4. The van der Waals surface area contributed by atoms with Crippen LogP contribution < -0.4 is 11.1 Å². The van der Waals surface area contributed by atoms with Crippen molar-refractivity contribution in [2.24, 2.45) is 0 Å². The van der Waals surface area contributed by atoms with E-state index in [0.29, 0.717) is 6.04 Å². The molecule has 0 bridgehead atoms. The molecule has 1 aromatic rings. The van der Waals surface area contributed by atoms with Crippen molar-refractivity contribution in [3.63, 3.8) is 0 Å². The first-order chi connectivity index (χ1) is 7.49. The van der Waals surface area contributed by atoms with Crippen molar-refractivity contribution >= 4 is 44.8 Å². The average molecular weight is 352 g/mol. The largest absolute Gasteiger partial charge is 0.399 e. The van der Waals surface area contributed by atoms with Gasteiger partial charge < -0.3 is 11.1 Å². The van der Waals surface area contributed by atoms with Crippen LogP contribution in [0.3, 0.4) is 0 Å². The maximum Gasteiger partial charge on any atom is 0.0479 e. The molecule has 2 atom stereocenters. The molecule has 0 amide bonds. The molecule has 1 rings (SSSR count). The van der Waals surface area contributed by atoms with Crippen molar-refractivity contribution in [3.05, 3.63) is 21.8 Å². The van der Waals surface area contributed by atoms with Crippen LogP contribution >= 0.6 is 22.6 Å². The van der Waals surface area contributed by atoms with E-state index in [4.69, 9.17) is 5.73 Å². The first-order valence-electron chi connectivity index (χ1n) is 5.10. The zero-order valence-corrected chi connectivity index (χ0v) is 12.5.